The third-order valence-electron chi connectivity index (χ3n) is 2.53. The molecule has 0 aliphatic heterocycles. The molecular weight excluding hydrogens is 230 g/mol. The van der Waals surface area contributed by atoms with E-state index < -0.39 is 0 Å². The van der Waals surface area contributed by atoms with Gasteiger partial charge in [0, 0.05) is 19.7 Å². The molecule has 0 saturated carbocycles. The Morgan fingerprint density at radius 1 is 1.33 bits per heavy atom. The summed E-state index contributed by atoms with van der Waals surface area (Å²) in [4.78, 5) is 18.0. The van der Waals surface area contributed by atoms with Crippen molar-refractivity contribution in [1.29, 1.82) is 0 Å². The Hall–Kier alpha value is -2.30. The molecule has 0 aliphatic carbocycles. The summed E-state index contributed by atoms with van der Waals surface area (Å²) in [6.45, 7) is 1.83. The lowest BCUT2D eigenvalue weighted by Gasteiger charge is -2.11. The van der Waals surface area contributed by atoms with Crippen molar-refractivity contribution in [3.05, 3.63) is 42.0 Å². The lowest BCUT2D eigenvalue weighted by molar-refractivity contribution is 0.0996. The molecule has 2 aromatic rings. The quantitative estimate of drug-likeness (QED) is 0.901. The number of hydrogen-bond acceptors (Lipinski definition) is 4. The Morgan fingerprint density at radius 2 is 2.11 bits per heavy atom. The second-order valence-corrected chi connectivity index (χ2v) is 4.19. The number of aromatic nitrogens is 1. The van der Waals surface area contributed by atoms with E-state index in [-0.39, 0.29) is 5.91 Å². The zero-order valence-electron chi connectivity index (χ0n) is 10.6. The van der Waals surface area contributed by atoms with Crippen molar-refractivity contribution < 1.29 is 9.21 Å². The maximum Gasteiger partial charge on any atom is 0.291 e. The lowest BCUT2D eigenvalue weighted by atomic mass is 10.2. The fraction of sp³-hybridized carbons (Fsp3) is 0.231. The molecule has 2 rings (SSSR count). The smallest absolute Gasteiger partial charge is 0.291 e. The van der Waals surface area contributed by atoms with Gasteiger partial charge in [-0.05, 0) is 25.1 Å². The van der Waals surface area contributed by atoms with Crippen LogP contribution < -0.4 is 10.2 Å². The highest BCUT2D eigenvalue weighted by atomic mass is 16.3. The molecule has 0 saturated heterocycles. The third kappa shape index (κ3) is 2.51. The van der Waals surface area contributed by atoms with Gasteiger partial charge in [-0.2, -0.15) is 0 Å². The van der Waals surface area contributed by atoms with Crippen molar-refractivity contribution in [1.82, 2.24) is 4.98 Å². The van der Waals surface area contributed by atoms with E-state index in [1.165, 1.54) is 6.26 Å². The van der Waals surface area contributed by atoms with Crippen LogP contribution in [-0.2, 0) is 0 Å². The summed E-state index contributed by atoms with van der Waals surface area (Å²) >= 11 is 0. The molecule has 0 aromatic carbocycles. The number of nitrogens with zero attached hydrogens (tertiary/aromatic N) is 2. The molecule has 0 fully saturated rings. The van der Waals surface area contributed by atoms with Crippen molar-refractivity contribution in [2.75, 3.05) is 24.3 Å². The van der Waals surface area contributed by atoms with Gasteiger partial charge in [-0.1, -0.05) is 0 Å². The number of anilines is 2. The topological polar surface area (TPSA) is 58.4 Å². The minimum atomic E-state index is -0.267. The van der Waals surface area contributed by atoms with Crippen LogP contribution >= 0.6 is 0 Å². The predicted molar refractivity (Wildman–Crippen MR) is 70.0 cm³/mol. The number of rotatable bonds is 3. The van der Waals surface area contributed by atoms with Gasteiger partial charge >= 0.3 is 0 Å². The number of amides is 1. The number of carbonyl (C=O) groups excluding carboxylic acids is 1. The van der Waals surface area contributed by atoms with Crippen LogP contribution in [0.4, 0.5) is 11.5 Å². The zero-order chi connectivity index (χ0) is 13.1. The summed E-state index contributed by atoms with van der Waals surface area (Å²) in [6.07, 6.45) is 3.11. The van der Waals surface area contributed by atoms with Crippen molar-refractivity contribution in [2.24, 2.45) is 0 Å². The Labute approximate surface area is 105 Å². The largest absolute Gasteiger partial charge is 0.459 e. The Balaban J connectivity index is 2.10. The van der Waals surface area contributed by atoms with E-state index in [1.807, 2.05) is 32.0 Å². The van der Waals surface area contributed by atoms with E-state index in [2.05, 4.69) is 10.3 Å². The van der Waals surface area contributed by atoms with Crippen LogP contribution in [0.2, 0.25) is 0 Å². The van der Waals surface area contributed by atoms with Crippen molar-refractivity contribution in [3.8, 4) is 0 Å². The Kier molecular flexibility index (Phi) is 3.32. The van der Waals surface area contributed by atoms with Crippen molar-refractivity contribution in [3.63, 3.8) is 0 Å². The standard InChI is InChI=1S/C13H15N3O2/c1-9-6-7-18-12(9)13(17)15-10-4-5-11(14-8-10)16(2)3/h4-8H,1-3H3,(H,15,17). The van der Waals surface area contributed by atoms with Gasteiger partial charge in [-0.3, -0.25) is 4.79 Å². The molecule has 1 amide bonds. The van der Waals surface area contributed by atoms with E-state index in [9.17, 15) is 4.79 Å². The van der Waals surface area contributed by atoms with Crippen LogP contribution in [-0.4, -0.2) is 25.0 Å². The first-order valence-corrected chi connectivity index (χ1v) is 5.57. The van der Waals surface area contributed by atoms with Gasteiger partial charge < -0.3 is 14.6 Å². The predicted octanol–water partition coefficient (Wildman–Crippen LogP) is 2.30. The van der Waals surface area contributed by atoms with Crippen molar-refractivity contribution >= 4 is 17.4 Å². The summed E-state index contributed by atoms with van der Waals surface area (Å²) in [5, 5.41) is 2.74. The number of hydrogen-bond donors (Lipinski definition) is 1. The molecular formula is C13H15N3O2. The molecule has 5 nitrogen and oxygen atoms in total. The fourth-order valence-electron chi connectivity index (χ4n) is 1.52. The Morgan fingerprint density at radius 3 is 2.61 bits per heavy atom. The van der Waals surface area contributed by atoms with Crippen LogP contribution in [0.25, 0.3) is 0 Å². The van der Waals surface area contributed by atoms with E-state index in [0.29, 0.717) is 11.4 Å². The molecule has 0 aliphatic rings. The molecule has 2 heterocycles. The van der Waals surface area contributed by atoms with E-state index in [0.717, 1.165) is 11.4 Å². The van der Waals surface area contributed by atoms with Crippen LogP contribution in [0, 0.1) is 6.92 Å². The van der Waals surface area contributed by atoms with E-state index in [1.54, 1.807) is 18.3 Å². The molecule has 0 atom stereocenters. The van der Waals surface area contributed by atoms with Crippen LogP contribution in [0.3, 0.4) is 0 Å². The second kappa shape index (κ2) is 4.91. The molecule has 0 radical (unpaired) electrons. The third-order valence-corrected chi connectivity index (χ3v) is 2.53. The minimum absolute atomic E-state index is 0.267. The highest BCUT2D eigenvalue weighted by molar-refractivity contribution is 6.03. The van der Waals surface area contributed by atoms with Gasteiger partial charge in [0.1, 0.15) is 5.82 Å². The van der Waals surface area contributed by atoms with Gasteiger partial charge in [0.15, 0.2) is 5.76 Å². The second-order valence-electron chi connectivity index (χ2n) is 4.19. The average molecular weight is 245 g/mol. The maximum absolute atomic E-state index is 11.9. The highest BCUT2D eigenvalue weighted by Crippen LogP contribution is 2.14. The van der Waals surface area contributed by atoms with Crippen LogP contribution in [0.1, 0.15) is 16.1 Å². The van der Waals surface area contributed by atoms with E-state index in [4.69, 9.17) is 4.42 Å². The first kappa shape index (κ1) is 12.2. The SMILES string of the molecule is Cc1ccoc1C(=O)Nc1ccc(N(C)C)nc1. The molecule has 2 aromatic heterocycles. The molecule has 0 unspecified atom stereocenters. The lowest BCUT2D eigenvalue weighted by Crippen LogP contribution is -2.13. The van der Waals surface area contributed by atoms with Crippen LogP contribution in [0.5, 0.6) is 0 Å². The highest BCUT2D eigenvalue weighted by Gasteiger charge is 2.12. The number of carbonyl (C=O) groups is 1. The van der Waals surface area contributed by atoms with Gasteiger partial charge in [-0.15, -0.1) is 0 Å². The summed E-state index contributed by atoms with van der Waals surface area (Å²) in [7, 11) is 3.82. The van der Waals surface area contributed by atoms with Crippen LogP contribution in [0.15, 0.2) is 35.1 Å². The average Bonchev–Trinajstić information content (AvgIpc) is 2.76. The fourth-order valence-corrected chi connectivity index (χ4v) is 1.52. The molecule has 94 valence electrons. The summed E-state index contributed by atoms with van der Waals surface area (Å²) < 4.78 is 5.12. The van der Waals surface area contributed by atoms with E-state index >= 15 is 0 Å². The maximum atomic E-state index is 11.9. The number of aryl methyl sites for hydroxylation is 1. The van der Waals surface area contributed by atoms with Crippen molar-refractivity contribution in [2.45, 2.75) is 6.92 Å². The van der Waals surface area contributed by atoms with Gasteiger partial charge in [0.2, 0.25) is 0 Å². The number of furan rings is 1. The number of nitrogens with one attached hydrogen (secondary N) is 1. The first-order chi connectivity index (χ1) is 8.58. The molecule has 0 bridgehead atoms. The minimum Gasteiger partial charge on any atom is -0.459 e. The normalized spacial score (nSPS) is 10.2. The number of pyridine rings is 1. The molecule has 5 heteroatoms. The summed E-state index contributed by atoms with van der Waals surface area (Å²) in [5.41, 5.74) is 1.45. The van der Waals surface area contributed by atoms with Gasteiger partial charge in [0.25, 0.3) is 5.91 Å². The molecule has 18 heavy (non-hydrogen) atoms. The monoisotopic (exact) mass is 245 g/mol. The first-order valence-electron chi connectivity index (χ1n) is 5.57. The van der Waals surface area contributed by atoms with Gasteiger partial charge in [0.05, 0.1) is 18.1 Å². The molecule has 0 spiro atoms. The summed E-state index contributed by atoms with van der Waals surface area (Å²) in [6, 6.07) is 5.39. The summed E-state index contributed by atoms with van der Waals surface area (Å²) in [5.74, 6) is 0.894. The van der Waals surface area contributed by atoms with Gasteiger partial charge in [-0.25, -0.2) is 4.98 Å². The zero-order valence-corrected chi connectivity index (χ0v) is 10.6. The molecule has 1 N–H and O–H groups in total. The Bertz CT molecular complexity index is 544.